The monoisotopic (exact) mass is 451 g/mol. The van der Waals surface area contributed by atoms with Gasteiger partial charge in [-0.15, -0.1) is 0 Å². The van der Waals surface area contributed by atoms with Crippen molar-refractivity contribution in [3.63, 3.8) is 0 Å². The molecule has 8 nitrogen and oxygen atoms in total. The van der Waals surface area contributed by atoms with Gasteiger partial charge >= 0.3 is 0 Å². The van der Waals surface area contributed by atoms with Gasteiger partial charge in [-0.3, -0.25) is 4.79 Å². The van der Waals surface area contributed by atoms with Crippen LogP contribution >= 0.6 is 0 Å². The van der Waals surface area contributed by atoms with Gasteiger partial charge in [0.25, 0.3) is 0 Å². The van der Waals surface area contributed by atoms with E-state index in [-0.39, 0.29) is 35.5 Å². The molecule has 5 rings (SSSR count). The molecule has 2 aliphatic carbocycles. The number of hydrogen-bond acceptors (Lipinski definition) is 7. The summed E-state index contributed by atoms with van der Waals surface area (Å²) in [5.74, 6) is -0.673. The van der Waals surface area contributed by atoms with E-state index in [2.05, 4.69) is 62.6 Å². The van der Waals surface area contributed by atoms with Crippen LogP contribution in [0.2, 0.25) is 0 Å². The zero-order valence-electron chi connectivity index (χ0n) is 19.0. The van der Waals surface area contributed by atoms with E-state index in [1.165, 1.54) is 5.69 Å². The Morgan fingerprint density at radius 2 is 1.94 bits per heavy atom. The highest BCUT2D eigenvalue weighted by molar-refractivity contribution is 5.79. The number of primary amides is 1. The number of halogens is 1. The molecule has 9 heteroatoms. The first kappa shape index (κ1) is 21.6. The molecule has 1 unspecified atom stereocenters. The topological polar surface area (TPSA) is 99.4 Å². The molecule has 2 aromatic rings. The summed E-state index contributed by atoms with van der Waals surface area (Å²) in [6.07, 6.45) is 6.11. The molecule has 3 aliphatic rings. The highest BCUT2D eigenvalue weighted by Gasteiger charge is 2.47. The fraction of sp³-hybridized carbons (Fsp3) is 0.458. The average molecular weight is 452 g/mol. The molecule has 4 atom stereocenters. The largest absolute Gasteiger partial charge is 0.369 e. The number of carbonyl (C=O) groups excluding carboxylic acids is 1. The molecule has 33 heavy (non-hydrogen) atoms. The van der Waals surface area contributed by atoms with Crippen molar-refractivity contribution in [2.24, 2.45) is 23.5 Å². The lowest BCUT2D eigenvalue weighted by Crippen LogP contribution is -2.44. The maximum atomic E-state index is 14.5. The van der Waals surface area contributed by atoms with E-state index >= 15 is 0 Å². The lowest BCUT2D eigenvalue weighted by Gasteiger charge is -2.35. The molecule has 1 aromatic carbocycles. The zero-order chi connectivity index (χ0) is 23.1. The van der Waals surface area contributed by atoms with E-state index < -0.39 is 5.82 Å². The molecule has 1 aromatic heterocycles. The second-order valence-electron chi connectivity index (χ2n) is 9.35. The Balaban J connectivity index is 1.31. The van der Waals surface area contributed by atoms with Crippen molar-refractivity contribution in [2.45, 2.75) is 19.4 Å². The van der Waals surface area contributed by atoms with Gasteiger partial charge in [0, 0.05) is 43.6 Å². The van der Waals surface area contributed by atoms with Crippen LogP contribution in [0.25, 0.3) is 0 Å². The van der Waals surface area contributed by atoms with Gasteiger partial charge in [-0.2, -0.15) is 4.98 Å². The van der Waals surface area contributed by atoms with Crippen LogP contribution in [0, 0.1) is 30.5 Å². The number of benzene rings is 1. The lowest BCUT2D eigenvalue weighted by molar-refractivity contribution is -0.122. The second-order valence-corrected chi connectivity index (χ2v) is 9.35. The minimum absolute atomic E-state index is 0.0791. The van der Waals surface area contributed by atoms with Crippen LogP contribution in [0.5, 0.6) is 0 Å². The van der Waals surface area contributed by atoms with Gasteiger partial charge in [-0.25, -0.2) is 9.37 Å². The number of nitrogens with one attached hydrogen (secondary N) is 2. The molecular formula is C24H30FN7O. The first-order chi connectivity index (χ1) is 15.9. The number of carbonyl (C=O) groups is 1. The minimum atomic E-state index is -0.558. The number of nitrogens with two attached hydrogens (primary N) is 1. The van der Waals surface area contributed by atoms with Crippen molar-refractivity contribution in [3.8, 4) is 0 Å². The summed E-state index contributed by atoms with van der Waals surface area (Å²) in [6, 6.07) is 5.88. The minimum Gasteiger partial charge on any atom is -0.369 e. The van der Waals surface area contributed by atoms with E-state index in [1.807, 2.05) is 12.1 Å². The van der Waals surface area contributed by atoms with Crippen molar-refractivity contribution in [3.05, 3.63) is 47.9 Å². The number of anilines is 4. The van der Waals surface area contributed by atoms with Gasteiger partial charge in [0.05, 0.1) is 12.1 Å². The number of rotatable bonds is 6. The molecule has 1 saturated heterocycles. The number of nitrogens with zero attached hydrogens (tertiary/aromatic N) is 4. The van der Waals surface area contributed by atoms with Crippen LogP contribution in [-0.4, -0.2) is 60.0 Å². The Labute approximate surface area is 193 Å². The number of piperazine rings is 1. The van der Waals surface area contributed by atoms with Crippen molar-refractivity contribution in [1.29, 1.82) is 0 Å². The Kier molecular flexibility index (Phi) is 5.65. The Hall–Kier alpha value is -3.20. The summed E-state index contributed by atoms with van der Waals surface area (Å²) in [5, 5.41) is 6.32. The lowest BCUT2D eigenvalue weighted by atomic mass is 9.88. The summed E-state index contributed by atoms with van der Waals surface area (Å²) in [7, 11) is 2.14. The highest BCUT2D eigenvalue weighted by Crippen LogP contribution is 2.44. The van der Waals surface area contributed by atoms with Gasteiger partial charge in [-0.1, -0.05) is 12.2 Å². The van der Waals surface area contributed by atoms with E-state index in [4.69, 9.17) is 5.73 Å². The van der Waals surface area contributed by atoms with Crippen LogP contribution in [0.3, 0.4) is 0 Å². The number of likely N-dealkylation sites (N-methyl/N-ethyl adjacent to an activating group) is 1. The first-order valence-corrected chi connectivity index (χ1v) is 11.5. The number of hydrogen-bond donors (Lipinski definition) is 3. The van der Waals surface area contributed by atoms with Crippen molar-refractivity contribution in [2.75, 3.05) is 48.8 Å². The van der Waals surface area contributed by atoms with Gasteiger partial charge in [-0.05, 0) is 56.0 Å². The van der Waals surface area contributed by atoms with Crippen molar-refractivity contribution >= 4 is 29.0 Å². The van der Waals surface area contributed by atoms with Crippen LogP contribution in [0.1, 0.15) is 12.0 Å². The van der Waals surface area contributed by atoms with Crippen LogP contribution in [0.15, 0.2) is 36.5 Å². The molecule has 0 spiro atoms. The molecule has 1 aliphatic heterocycles. The third-order valence-corrected chi connectivity index (χ3v) is 7.13. The van der Waals surface area contributed by atoms with E-state index in [9.17, 15) is 9.18 Å². The fourth-order valence-corrected chi connectivity index (χ4v) is 5.36. The summed E-state index contributed by atoms with van der Waals surface area (Å²) in [5.41, 5.74) is 8.84. The van der Waals surface area contributed by atoms with Gasteiger partial charge in [0.1, 0.15) is 0 Å². The second kappa shape index (κ2) is 8.62. The third-order valence-electron chi connectivity index (χ3n) is 7.13. The standard InChI is InChI=1S/C24H30FN7O/c1-14-11-17(5-6-19(14)32-9-7-31(2)8-10-32)28-24-27-13-18(25)23(30-24)29-21-16-4-3-15(12-16)20(21)22(26)33/h3-6,11,13,15-16,20-21H,7-10,12H2,1-2H3,(H2,26,33)(H2,27,28,29,30)/t15-,16+,20?,21+/m1/s1. The predicted octanol–water partition coefficient (Wildman–Crippen LogP) is 2.51. The van der Waals surface area contributed by atoms with Gasteiger partial charge in [0.15, 0.2) is 11.6 Å². The molecule has 4 N–H and O–H groups in total. The van der Waals surface area contributed by atoms with E-state index in [1.54, 1.807) is 0 Å². The number of amides is 1. The molecule has 174 valence electrons. The molecule has 2 fully saturated rings. The summed E-state index contributed by atoms with van der Waals surface area (Å²) >= 11 is 0. The quantitative estimate of drug-likeness (QED) is 0.581. The molecule has 2 heterocycles. The average Bonchev–Trinajstić information content (AvgIpc) is 3.39. The summed E-state index contributed by atoms with van der Waals surface area (Å²) in [6.45, 7) is 6.20. The first-order valence-electron chi connectivity index (χ1n) is 11.5. The Bertz CT molecular complexity index is 1080. The van der Waals surface area contributed by atoms with Crippen molar-refractivity contribution < 1.29 is 9.18 Å². The third kappa shape index (κ3) is 4.25. The van der Waals surface area contributed by atoms with E-state index in [0.717, 1.165) is 50.0 Å². The highest BCUT2D eigenvalue weighted by atomic mass is 19.1. The van der Waals surface area contributed by atoms with E-state index in [0.29, 0.717) is 5.95 Å². The number of fused-ring (bicyclic) bond motifs is 2. The van der Waals surface area contributed by atoms with Gasteiger partial charge < -0.3 is 26.2 Å². The van der Waals surface area contributed by atoms with Crippen LogP contribution < -0.4 is 21.3 Å². The zero-order valence-corrected chi connectivity index (χ0v) is 19.0. The summed E-state index contributed by atoms with van der Waals surface area (Å²) in [4.78, 5) is 25.2. The number of aryl methyl sites for hydroxylation is 1. The summed E-state index contributed by atoms with van der Waals surface area (Å²) < 4.78 is 14.5. The maximum absolute atomic E-state index is 14.5. The van der Waals surface area contributed by atoms with Gasteiger partial charge in [0.2, 0.25) is 11.9 Å². The van der Waals surface area contributed by atoms with Crippen molar-refractivity contribution in [1.82, 2.24) is 14.9 Å². The SMILES string of the molecule is Cc1cc(Nc2ncc(F)c(N[C@@H]3C(C(N)=O)[C@@H]4C=C[C@H]3C4)n2)ccc1N1CCN(C)CC1. The number of allylic oxidation sites excluding steroid dienone is 1. The number of aromatic nitrogens is 2. The molecular weight excluding hydrogens is 421 g/mol. The van der Waals surface area contributed by atoms with Crippen LogP contribution in [0.4, 0.5) is 27.5 Å². The van der Waals surface area contributed by atoms with Crippen LogP contribution in [-0.2, 0) is 4.79 Å². The Morgan fingerprint density at radius 3 is 2.67 bits per heavy atom. The molecule has 2 bridgehead atoms. The maximum Gasteiger partial charge on any atom is 0.229 e. The molecule has 1 amide bonds. The predicted molar refractivity (Wildman–Crippen MR) is 127 cm³/mol. The normalized spacial score (nSPS) is 26.6. The fourth-order valence-electron chi connectivity index (χ4n) is 5.36. The molecule has 1 saturated carbocycles. The molecule has 0 radical (unpaired) electrons. The Morgan fingerprint density at radius 1 is 1.18 bits per heavy atom. The smallest absolute Gasteiger partial charge is 0.229 e.